The number of hydrogen-bond acceptors (Lipinski definition) is 15. The molecule has 3 amide bonds. The molecule has 2 aromatic heterocycles. The molecule has 20 nitrogen and oxygen atoms in total. The Morgan fingerprint density at radius 1 is 0.602 bits per heavy atom. The molecule has 4 N–H and O–H groups in total. The number of carbonyl (C=O) groups is 6. The van der Waals surface area contributed by atoms with Crippen LogP contribution in [0.3, 0.4) is 0 Å². The average Bonchev–Trinajstić information content (AvgIpc) is 4.36. The highest BCUT2D eigenvalue weighted by molar-refractivity contribution is 6.66. The van der Waals surface area contributed by atoms with Gasteiger partial charge in [0.15, 0.2) is 0 Å². The predicted molar refractivity (Wildman–Crippen MR) is 316 cm³/mol. The molecular formula is C62H62ClN9O11. The fourth-order valence-electron chi connectivity index (χ4n) is 9.64. The van der Waals surface area contributed by atoms with Gasteiger partial charge in [-0.25, -0.2) is 29.5 Å². The van der Waals surface area contributed by atoms with E-state index in [1.54, 1.807) is 41.3 Å². The average molecular weight is 1140 g/mol. The Morgan fingerprint density at radius 3 is 1.64 bits per heavy atom. The number of nitrogens with zero attached hydrogens (tertiary/aromatic N) is 7. The van der Waals surface area contributed by atoms with Crippen LogP contribution in [0.4, 0.5) is 17.1 Å². The molecule has 0 radical (unpaired) electrons. The molecule has 7 heterocycles. The van der Waals surface area contributed by atoms with Crippen molar-refractivity contribution in [2.75, 3.05) is 80.8 Å². The zero-order valence-electron chi connectivity index (χ0n) is 45.5. The number of carboxylic acid groups (broad SMARTS) is 2. The number of fused-ring (bicyclic) bond motifs is 5. The lowest BCUT2D eigenvalue weighted by Gasteiger charge is -2.29. The van der Waals surface area contributed by atoms with E-state index < -0.39 is 17.2 Å². The van der Waals surface area contributed by atoms with E-state index in [-0.39, 0.29) is 28.8 Å². The van der Waals surface area contributed by atoms with E-state index in [4.69, 9.17) is 36.0 Å². The summed E-state index contributed by atoms with van der Waals surface area (Å²) in [5.41, 5.74) is 5.06. The van der Waals surface area contributed by atoms with Crippen molar-refractivity contribution in [2.45, 2.75) is 25.7 Å². The number of carbonyl (C=O) groups excluding carboxylic acids is 4. The number of rotatable bonds is 10. The van der Waals surface area contributed by atoms with Crippen LogP contribution in [-0.2, 0) is 27.2 Å². The van der Waals surface area contributed by atoms with E-state index in [0.717, 1.165) is 84.1 Å². The number of aromatic nitrogens is 4. The summed E-state index contributed by atoms with van der Waals surface area (Å²) in [6.07, 6.45) is 11.3. The third kappa shape index (κ3) is 15.9. The monoisotopic (exact) mass is 1140 g/mol. The van der Waals surface area contributed by atoms with Gasteiger partial charge in [-0.2, -0.15) is 0 Å². The van der Waals surface area contributed by atoms with E-state index in [1.807, 2.05) is 59.8 Å². The minimum atomic E-state index is -1.02. The van der Waals surface area contributed by atoms with Gasteiger partial charge in [0.1, 0.15) is 48.7 Å². The number of aromatic carboxylic acids is 2. The van der Waals surface area contributed by atoms with Crippen LogP contribution in [0.25, 0.3) is 21.8 Å². The maximum atomic E-state index is 13.1. The van der Waals surface area contributed by atoms with Gasteiger partial charge in [0.25, 0.3) is 17.7 Å². The number of anilines is 3. The zero-order valence-corrected chi connectivity index (χ0v) is 46.2. The van der Waals surface area contributed by atoms with E-state index >= 15 is 0 Å². The fourth-order valence-corrected chi connectivity index (χ4v) is 9.64. The van der Waals surface area contributed by atoms with Crippen LogP contribution in [0.5, 0.6) is 17.2 Å². The maximum absolute atomic E-state index is 13.1. The molecule has 12 rings (SSSR count). The Labute approximate surface area is 484 Å². The number of para-hydroxylation sites is 2. The van der Waals surface area contributed by atoms with Crippen molar-refractivity contribution < 1.29 is 53.2 Å². The second-order valence-electron chi connectivity index (χ2n) is 19.4. The number of hydrogen-bond donors (Lipinski definition) is 4. The molecule has 5 aromatic carbocycles. The summed E-state index contributed by atoms with van der Waals surface area (Å²) in [7, 11) is 0. The number of likely N-dealkylation sites (tertiary alicyclic amines) is 1. The molecule has 0 aliphatic carbocycles. The normalized spacial score (nSPS) is 16.1. The van der Waals surface area contributed by atoms with E-state index in [0.29, 0.717) is 92.0 Å². The van der Waals surface area contributed by atoms with Crippen LogP contribution in [0.2, 0.25) is 0 Å². The second-order valence-corrected chi connectivity index (χ2v) is 19.8. The van der Waals surface area contributed by atoms with Crippen molar-refractivity contribution in [1.82, 2.24) is 30.2 Å². The number of halogens is 1. The summed E-state index contributed by atoms with van der Waals surface area (Å²) in [6, 6.07) is 30.6. The molecule has 21 heteroatoms. The number of nitrogens with one attached hydrogen (secondary N) is 2. The molecule has 0 spiro atoms. The van der Waals surface area contributed by atoms with Gasteiger partial charge in [-0.1, -0.05) is 56.1 Å². The molecule has 2 atom stereocenters. The van der Waals surface area contributed by atoms with Gasteiger partial charge in [-0.05, 0) is 134 Å². The maximum Gasteiger partial charge on any atom is 0.335 e. The SMILES string of the molecule is C=CC(=O)Cl.C=CC(=O)N1CCOc2cc(C(=O)N3CC[C@@H](Cc4ncc5ccccc5n4)C3)ccc21.C=CC(=O)N1CCOc2cc(C(=O)O)ccc21.O=C(O)c1ccc2c(c1)OCCN2.c1ccc2nc(C[C@@H]3CCNC3)ncc2c1. The van der Waals surface area contributed by atoms with Crippen LogP contribution in [0.15, 0.2) is 153 Å². The van der Waals surface area contributed by atoms with Gasteiger partial charge < -0.3 is 49.8 Å². The summed E-state index contributed by atoms with van der Waals surface area (Å²) in [5.74, 6) is 2.03. The topological polar surface area (TPSA) is 256 Å². The standard InChI is InChI=1S/C25H24N4O3.C13H15N3.C12H11NO4.C9H9NO3.C3H3ClO/c1-2-24(30)29-11-12-32-22-14-18(7-8-21(22)29)25(31)28-10-9-17(16-28)13-23-26-15-19-5-3-4-6-20(19)27-23;1-2-4-12-11(3-1)9-15-13(16-12)7-10-5-6-14-8-10;1-2-11(14)13-5-6-17-10-7-8(12(15)16)3-4-9(10)13;11-9(12)6-1-2-7-8(5-6)13-4-3-10-7;1-2-3(4)5/h2-8,14-15,17H,1,9-13,16H2;1-4,9-10,14H,5-8H2;2-4,7H,1,5-6H2,(H,15,16);1-2,5,10H,3-4H2,(H,11,12);2H,1H2/t17-;10-;;;/m00.../s1. The second kappa shape index (κ2) is 28.8. The molecular weight excluding hydrogens is 1080 g/mol. The van der Waals surface area contributed by atoms with Crippen molar-refractivity contribution in [3.63, 3.8) is 0 Å². The lowest BCUT2D eigenvalue weighted by atomic mass is 10.0. The largest absolute Gasteiger partial charge is 0.490 e. The van der Waals surface area contributed by atoms with E-state index in [9.17, 15) is 28.8 Å². The minimum Gasteiger partial charge on any atom is -0.490 e. The Hall–Kier alpha value is -9.53. The summed E-state index contributed by atoms with van der Waals surface area (Å²) < 4.78 is 16.4. The van der Waals surface area contributed by atoms with Crippen molar-refractivity contribution in [2.24, 2.45) is 11.8 Å². The summed E-state index contributed by atoms with van der Waals surface area (Å²) in [6.45, 7) is 16.7. The molecule has 2 fully saturated rings. The van der Waals surface area contributed by atoms with Gasteiger partial charge in [0.2, 0.25) is 5.24 Å². The van der Waals surface area contributed by atoms with Gasteiger partial charge in [-0.3, -0.25) is 19.2 Å². The smallest absolute Gasteiger partial charge is 0.335 e. The summed E-state index contributed by atoms with van der Waals surface area (Å²) in [4.78, 5) is 90.9. The highest BCUT2D eigenvalue weighted by Crippen LogP contribution is 2.35. The summed E-state index contributed by atoms with van der Waals surface area (Å²) in [5, 5.41) is 25.7. The van der Waals surface area contributed by atoms with Gasteiger partial charge in [-0.15, -0.1) is 0 Å². The lowest BCUT2D eigenvalue weighted by molar-refractivity contribution is -0.115. The minimum absolute atomic E-state index is 0.0227. The van der Waals surface area contributed by atoms with Crippen LogP contribution >= 0.6 is 11.6 Å². The van der Waals surface area contributed by atoms with Crippen LogP contribution in [0, 0.1) is 11.8 Å². The van der Waals surface area contributed by atoms with Gasteiger partial charge >= 0.3 is 11.9 Å². The Morgan fingerprint density at radius 2 is 1.11 bits per heavy atom. The zero-order chi connectivity index (χ0) is 58.8. The van der Waals surface area contributed by atoms with Gasteiger partial charge in [0.05, 0.1) is 52.3 Å². The fraction of sp³-hybridized carbons (Fsp3) is 0.258. The molecule has 0 unspecified atom stereocenters. The molecule has 83 heavy (non-hydrogen) atoms. The number of benzene rings is 5. The first-order valence-electron chi connectivity index (χ1n) is 26.8. The van der Waals surface area contributed by atoms with E-state index in [2.05, 4.69) is 56.4 Å². The number of allylic oxidation sites excluding steroid dienone is 1. The van der Waals surface area contributed by atoms with Crippen molar-refractivity contribution in [3.05, 3.63) is 182 Å². The molecule has 0 bridgehead atoms. The Kier molecular flexibility index (Phi) is 20.6. The first kappa shape index (κ1) is 59.6. The van der Waals surface area contributed by atoms with Crippen molar-refractivity contribution in [3.8, 4) is 17.2 Å². The molecule has 7 aromatic rings. The Bertz CT molecular complexity index is 3560. The molecule has 2 saturated heterocycles. The molecule has 5 aliphatic heterocycles. The van der Waals surface area contributed by atoms with Crippen molar-refractivity contribution in [1.29, 1.82) is 0 Å². The Balaban J connectivity index is 0.000000150. The lowest BCUT2D eigenvalue weighted by Crippen LogP contribution is -2.37. The highest BCUT2D eigenvalue weighted by Gasteiger charge is 2.30. The molecule has 0 saturated carbocycles. The predicted octanol–water partition coefficient (Wildman–Crippen LogP) is 8.45. The van der Waals surface area contributed by atoms with Crippen LogP contribution < -0.4 is 34.6 Å². The van der Waals surface area contributed by atoms with Crippen molar-refractivity contribution >= 4 is 85.4 Å². The molecule has 5 aliphatic rings. The number of carboxylic acids is 2. The third-order valence-corrected chi connectivity index (χ3v) is 14.0. The quantitative estimate of drug-likeness (QED) is 0.0740. The van der Waals surface area contributed by atoms with Crippen LogP contribution in [0.1, 0.15) is 55.6 Å². The summed E-state index contributed by atoms with van der Waals surface area (Å²) >= 11 is 4.71. The molecule has 428 valence electrons. The third-order valence-electron chi connectivity index (χ3n) is 13.8. The van der Waals surface area contributed by atoms with Crippen LogP contribution in [-0.4, -0.2) is 136 Å². The highest BCUT2D eigenvalue weighted by atomic mass is 35.5. The van der Waals surface area contributed by atoms with E-state index in [1.165, 1.54) is 41.7 Å². The number of ether oxygens (including phenoxy) is 3. The number of amides is 3. The van der Waals surface area contributed by atoms with Gasteiger partial charge in [0, 0.05) is 61.2 Å². The first-order chi connectivity index (χ1) is 40.2. The first-order valence-corrected chi connectivity index (χ1v) is 27.2.